The molecular formula is C12H18ClN3O4. The Morgan fingerprint density at radius 3 is 2.70 bits per heavy atom. The van der Waals surface area contributed by atoms with E-state index < -0.39 is 17.1 Å². The quantitative estimate of drug-likeness (QED) is 0.787. The zero-order valence-electron chi connectivity index (χ0n) is 11.9. The fourth-order valence-corrected chi connectivity index (χ4v) is 1.81. The van der Waals surface area contributed by atoms with E-state index in [9.17, 15) is 9.59 Å². The molecule has 0 atom stereocenters. The molecule has 0 saturated carbocycles. The van der Waals surface area contributed by atoms with Crippen LogP contribution in [0.3, 0.4) is 0 Å². The molecule has 20 heavy (non-hydrogen) atoms. The summed E-state index contributed by atoms with van der Waals surface area (Å²) in [5, 5.41) is 6.93. The van der Waals surface area contributed by atoms with Crippen LogP contribution < -0.4 is 10.9 Å². The summed E-state index contributed by atoms with van der Waals surface area (Å²) in [5.41, 5.74) is -0.587. The van der Waals surface area contributed by atoms with Crippen LogP contribution in [-0.4, -0.2) is 42.1 Å². The second-order valence-electron chi connectivity index (χ2n) is 4.85. The Kier molecular flexibility index (Phi) is 5.52. The van der Waals surface area contributed by atoms with E-state index in [0.717, 1.165) is 4.68 Å². The highest BCUT2D eigenvalue weighted by Crippen LogP contribution is 2.20. The Bertz CT molecular complexity index is 542. The first-order valence-corrected chi connectivity index (χ1v) is 6.28. The van der Waals surface area contributed by atoms with Crippen LogP contribution in [0.25, 0.3) is 0 Å². The van der Waals surface area contributed by atoms with Gasteiger partial charge in [-0.1, -0.05) is 11.6 Å². The smallest absolute Gasteiger partial charge is 0.327 e. The molecule has 0 unspecified atom stereocenters. The second-order valence-corrected chi connectivity index (χ2v) is 5.23. The number of carbonyl (C=O) groups excluding carboxylic acids is 1. The summed E-state index contributed by atoms with van der Waals surface area (Å²) in [6.45, 7) is 3.94. The number of halogens is 1. The number of hydrogen-bond acceptors (Lipinski definition) is 6. The Morgan fingerprint density at radius 1 is 1.50 bits per heavy atom. The zero-order chi connectivity index (χ0) is 15.3. The topological polar surface area (TPSA) is 82.4 Å². The minimum Gasteiger partial charge on any atom is -0.468 e. The van der Waals surface area contributed by atoms with E-state index in [1.54, 1.807) is 7.11 Å². The SMILES string of the molecule is COCC(C)(C)Nc1cnn(CC(=O)OC)c(=O)c1Cl. The third kappa shape index (κ3) is 4.21. The van der Waals surface area contributed by atoms with E-state index in [4.69, 9.17) is 16.3 Å². The summed E-state index contributed by atoms with van der Waals surface area (Å²) in [4.78, 5) is 23.1. The maximum absolute atomic E-state index is 12.0. The van der Waals surface area contributed by atoms with Gasteiger partial charge in [-0.3, -0.25) is 9.59 Å². The van der Waals surface area contributed by atoms with Crippen LogP contribution in [0.15, 0.2) is 11.0 Å². The Balaban J connectivity index is 3.00. The van der Waals surface area contributed by atoms with Crippen molar-refractivity contribution >= 4 is 23.3 Å². The third-order valence-electron chi connectivity index (χ3n) is 2.47. The van der Waals surface area contributed by atoms with Crippen molar-refractivity contribution in [3.63, 3.8) is 0 Å². The number of ether oxygens (including phenoxy) is 2. The van der Waals surface area contributed by atoms with Gasteiger partial charge in [-0.25, -0.2) is 4.68 Å². The minimum absolute atomic E-state index is 0.0342. The molecule has 0 aromatic carbocycles. The van der Waals surface area contributed by atoms with Crippen LogP contribution >= 0.6 is 11.6 Å². The average Bonchev–Trinajstić information content (AvgIpc) is 2.38. The van der Waals surface area contributed by atoms with Gasteiger partial charge in [0.25, 0.3) is 5.56 Å². The number of rotatable bonds is 6. The van der Waals surface area contributed by atoms with Crippen molar-refractivity contribution in [1.82, 2.24) is 9.78 Å². The average molecular weight is 304 g/mol. The van der Waals surface area contributed by atoms with Crippen molar-refractivity contribution in [2.45, 2.75) is 25.9 Å². The molecule has 0 amide bonds. The van der Waals surface area contributed by atoms with Gasteiger partial charge in [0.1, 0.15) is 11.6 Å². The summed E-state index contributed by atoms with van der Waals surface area (Å²) in [6, 6.07) is 0. The van der Waals surface area contributed by atoms with E-state index in [-0.39, 0.29) is 11.6 Å². The molecule has 1 N–H and O–H groups in total. The van der Waals surface area contributed by atoms with Crippen LogP contribution in [0.5, 0.6) is 0 Å². The summed E-state index contributed by atoms with van der Waals surface area (Å²) in [6.07, 6.45) is 1.39. The molecule has 1 aromatic heterocycles. The number of esters is 1. The molecule has 0 aliphatic carbocycles. The minimum atomic E-state index is -0.573. The van der Waals surface area contributed by atoms with Gasteiger partial charge in [-0.2, -0.15) is 5.10 Å². The highest BCUT2D eigenvalue weighted by atomic mass is 35.5. The molecule has 0 spiro atoms. The molecule has 0 bridgehead atoms. The van der Waals surface area contributed by atoms with Gasteiger partial charge in [0, 0.05) is 7.11 Å². The molecule has 8 heteroatoms. The number of hydrogen-bond donors (Lipinski definition) is 1. The molecule has 0 saturated heterocycles. The van der Waals surface area contributed by atoms with Crippen molar-refractivity contribution in [2.24, 2.45) is 0 Å². The van der Waals surface area contributed by atoms with Crippen molar-refractivity contribution in [3.05, 3.63) is 21.6 Å². The van der Waals surface area contributed by atoms with Gasteiger partial charge in [0.15, 0.2) is 0 Å². The molecule has 1 aromatic rings. The summed E-state index contributed by atoms with van der Waals surface area (Å²) < 4.78 is 10.5. The Morgan fingerprint density at radius 2 is 2.15 bits per heavy atom. The highest BCUT2D eigenvalue weighted by molar-refractivity contribution is 6.32. The van der Waals surface area contributed by atoms with E-state index in [1.165, 1.54) is 13.3 Å². The predicted octanol–water partition coefficient (Wildman–Crippen LogP) is 0.907. The first-order chi connectivity index (χ1) is 9.30. The Hall–Kier alpha value is -1.60. The standard InChI is InChI=1S/C12H18ClN3O4/c1-12(2,7-19-3)15-8-5-14-16(6-9(17)20-4)11(18)10(8)13/h5,15H,6-7H2,1-4H3. The van der Waals surface area contributed by atoms with Gasteiger partial charge in [0.2, 0.25) is 0 Å². The number of methoxy groups -OCH3 is 2. The van der Waals surface area contributed by atoms with Crippen molar-refractivity contribution < 1.29 is 14.3 Å². The normalized spacial score (nSPS) is 11.2. The molecular weight excluding hydrogens is 286 g/mol. The number of nitrogens with zero attached hydrogens (tertiary/aromatic N) is 2. The van der Waals surface area contributed by atoms with E-state index >= 15 is 0 Å². The van der Waals surface area contributed by atoms with Gasteiger partial charge >= 0.3 is 5.97 Å². The van der Waals surface area contributed by atoms with Crippen LogP contribution in [0, 0.1) is 0 Å². The fraction of sp³-hybridized carbons (Fsp3) is 0.583. The van der Waals surface area contributed by atoms with E-state index in [1.807, 2.05) is 13.8 Å². The molecule has 0 fully saturated rings. The van der Waals surface area contributed by atoms with Gasteiger partial charge in [0.05, 0.1) is 31.1 Å². The lowest BCUT2D eigenvalue weighted by molar-refractivity contribution is -0.141. The summed E-state index contributed by atoms with van der Waals surface area (Å²) in [7, 11) is 2.82. The summed E-state index contributed by atoms with van der Waals surface area (Å²) >= 11 is 6.00. The lowest BCUT2D eigenvalue weighted by Crippen LogP contribution is -2.37. The third-order valence-corrected chi connectivity index (χ3v) is 2.83. The Labute approximate surface area is 121 Å². The zero-order valence-corrected chi connectivity index (χ0v) is 12.7. The number of carbonyl (C=O) groups is 1. The maximum atomic E-state index is 12.0. The van der Waals surface area contributed by atoms with Crippen LogP contribution in [-0.2, 0) is 20.8 Å². The molecule has 1 rings (SSSR count). The molecule has 0 aliphatic heterocycles. The molecule has 112 valence electrons. The van der Waals surface area contributed by atoms with Crippen LogP contribution in [0.4, 0.5) is 5.69 Å². The first kappa shape index (κ1) is 16.5. The first-order valence-electron chi connectivity index (χ1n) is 5.90. The predicted molar refractivity (Wildman–Crippen MR) is 75.1 cm³/mol. The largest absolute Gasteiger partial charge is 0.468 e. The van der Waals surface area contributed by atoms with Crippen LogP contribution in [0.1, 0.15) is 13.8 Å². The lowest BCUT2D eigenvalue weighted by Gasteiger charge is -2.26. The fourth-order valence-electron chi connectivity index (χ4n) is 1.61. The lowest BCUT2D eigenvalue weighted by atomic mass is 10.1. The molecule has 0 aliphatic rings. The van der Waals surface area contributed by atoms with Crippen molar-refractivity contribution in [2.75, 3.05) is 26.1 Å². The molecule has 7 nitrogen and oxygen atoms in total. The molecule has 0 radical (unpaired) electrons. The van der Waals surface area contributed by atoms with Crippen LogP contribution in [0.2, 0.25) is 5.02 Å². The number of aromatic nitrogens is 2. The summed E-state index contributed by atoms with van der Waals surface area (Å²) in [5.74, 6) is -0.573. The monoisotopic (exact) mass is 303 g/mol. The van der Waals surface area contributed by atoms with Gasteiger partial charge in [-0.05, 0) is 13.8 Å². The maximum Gasteiger partial charge on any atom is 0.327 e. The van der Waals surface area contributed by atoms with E-state index in [2.05, 4.69) is 15.2 Å². The number of anilines is 1. The van der Waals surface area contributed by atoms with Crippen molar-refractivity contribution in [1.29, 1.82) is 0 Å². The number of nitrogens with one attached hydrogen (secondary N) is 1. The van der Waals surface area contributed by atoms with Gasteiger partial charge < -0.3 is 14.8 Å². The second kappa shape index (κ2) is 6.71. The van der Waals surface area contributed by atoms with Crippen molar-refractivity contribution in [3.8, 4) is 0 Å². The van der Waals surface area contributed by atoms with E-state index in [0.29, 0.717) is 12.3 Å². The van der Waals surface area contributed by atoms with Gasteiger partial charge in [-0.15, -0.1) is 0 Å². The molecule has 1 heterocycles. The highest BCUT2D eigenvalue weighted by Gasteiger charge is 2.20.